The third-order valence-electron chi connectivity index (χ3n) is 2.39. The molecule has 6 heteroatoms. The maximum Gasteiger partial charge on any atom is 0.179 e. The topological polar surface area (TPSA) is 85.4 Å². The number of nitriles is 2. The number of hydrogen-bond donors (Lipinski definition) is 1. The van der Waals surface area contributed by atoms with Crippen LogP contribution < -0.4 is 5.32 Å². The molecule has 17 heavy (non-hydrogen) atoms. The molecule has 0 unspecified atom stereocenters. The summed E-state index contributed by atoms with van der Waals surface area (Å²) in [5.41, 5.74) is -0.0575. The highest BCUT2D eigenvalue weighted by Crippen LogP contribution is 2.20. The van der Waals surface area contributed by atoms with Crippen molar-refractivity contribution < 1.29 is 0 Å². The fraction of sp³-hybridized carbons (Fsp3) is 0.455. The van der Waals surface area contributed by atoms with Crippen LogP contribution in [0.4, 0.5) is 5.82 Å². The number of halogens is 1. The van der Waals surface area contributed by atoms with Crippen LogP contribution >= 0.6 is 11.6 Å². The number of rotatable bonds is 4. The fourth-order valence-electron chi connectivity index (χ4n) is 1.35. The largest absolute Gasteiger partial charge is 0.365 e. The first-order chi connectivity index (χ1) is 8.15. The summed E-state index contributed by atoms with van der Waals surface area (Å²) in [4.78, 5) is 7.85. The van der Waals surface area contributed by atoms with Gasteiger partial charge in [-0.1, -0.05) is 25.4 Å². The van der Waals surface area contributed by atoms with Crippen molar-refractivity contribution in [3.8, 4) is 12.1 Å². The standard InChI is InChI=1S/C11H12ClN5/c1-3-7(4-2)15-11-10(12)16-8(5-13)9(6-14)17-11/h7H,3-4H2,1-2H3,(H,15,17). The Labute approximate surface area is 105 Å². The predicted molar refractivity (Wildman–Crippen MR) is 64.5 cm³/mol. The second kappa shape index (κ2) is 6.03. The first-order valence-corrected chi connectivity index (χ1v) is 5.68. The molecule has 0 aliphatic heterocycles. The second-order valence-corrected chi connectivity index (χ2v) is 3.80. The smallest absolute Gasteiger partial charge is 0.179 e. The summed E-state index contributed by atoms with van der Waals surface area (Å²) in [7, 11) is 0. The molecule has 1 aromatic rings. The van der Waals surface area contributed by atoms with Crippen molar-refractivity contribution in [2.75, 3.05) is 5.32 Å². The molecule has 0 aliphatic rings. The van der Waals surface area contributed by atoms with Crippen LogP contribution in [0.3, 0.4) is 0 Å². The molecule has 1 rings (SSSR count). The van der Waals surface area contributed by atoms with Gasteiger partial charge < -0.3 is 5.32 Å². The zero-order valence-corrected chi connectivity index (χ0v) is 10.4. The fourth-order valence-corrected chi connectivity index (χ4v) is 1.53. The van der Waals surface area contributed by atoms with Gasteiger partial charge in [-0.15, -0.1) is 0 Å². The second-order valence-electron chi connectivity index (χ2n) is 3.44. The van der Waals surface area contributed by atoms with Crippen LogP contribution in [0, 0.1) is 22.7 Å². The van der Waals surface area contributed by atoms with Crippen molar-refractivity contribution in [3.63, 3.8) is 0 Å². The SMILES string of the molecule is CCC(CC)Nc1nc(C#N)c(C#N)nc1Cl. The van der Waals surface area contributed by atoms with E-state index in [2.05, 4.69) is 15.3 Å². The molecule has 0 spiro atoms. The van der Waals surface area contributed by atoms with Gasteiger partial charge in [-0.3, -0.25) is 0 Å². The zero-order valence-electron chi connectivity index (χ0n) is 9.66. The van der Waals surface area contributed by atoms with Crippen molar-refractivity contribution in [1.29, 1.82) is 10.5 Å². The van der Waals surface area contributed by atoms with E-state index in [4.69, 9.17) is 22.1 Å². The van der Waals surface area contributed by atoms with Gasteiger partial charge in [0.05, 0.1) is 0 Å². The van der Waals surface area contributed by atoms with E-state index in [-0.39, 0.29) is 22.6 Å². The molecule has 88 valence electrons. The lowest BCUT2D eigenvalue weighted by Crippen LogP contribution is -2.19. The molecule has 0 saturated heterocycles. The van der Waals surface area contributed by atoms with Crippen LogP contribution in [0.5, 0.6) is 0 Å². The monoisotopic (exact) mass is 249 g/mol. The first kappa shape index (κ1) is 13.2. The minimum atomic E-state index is -0.0485. The minimum absolute atomic E-state index is 0.00893. The van der Waals surface area contributed by atoms with Crippen molar-refractivity contribution in [3.05, 3.63) is 16.5 Å². The average molecular weight is 250 g/mol. The highest BCUT2D eigenvalue weighted by molar-refractivity contribution is 6.31. The van der Waals surface area contributed by atoms with Gasteiger partial charge in [0.25, 0.3) is 0 Å². The van der Waals surface area contributed by atoms with Gasteiger partial charge in [-0.05, 0) is 12.8 Å². The summed E-state index contributed by atoms with van der Waals surface area (Å²) in [5.74, 6) is 0.357. The van der Waals surface area contributed by atoms with Crippen LogP contribution in [-0.2, 0) is 0 Å². The van der Waals surface area contributed by atoms with Gasteiger partial charge in [0, 0.05) is 6.04 Å². The Morgan fingerprint density at radius 3 is 2.18 bits per heavy atom. The minimum Gasteiger partial charge on any atom is -0.365 e. The molecule has 0 fully saturated rings. The normalized spacial score (nSPS) is 9.76. The lowest BCUT2D eigenvalue weighted by molar-refractivity contribution is 0.668. The molecule has 1 N–H and O–H groups in total. The Morgan fingerprint density at radius 1 is 1.18 bits per heavy atom. The lowest BCUT2D eigenvalue weighted by Gasteiger charge is -2.16. The molecule has 1 heterocycles. The Hall–Kier alpha value is -1.85. The molecule has 0 amide bonds. The molecule has 5 nitrogen and oxygen atoms in total. The van der Waals surface area contributed by atoms with Crippen LogP contribution in [-0.4, -0.2) is 16.0 Å². The van der Waals surface area contributed by atoms with Gasteiger partial charge in [0.15, 0.2) is 22.4 Å². The van der Waals surface area contributed by atoms with E-state index in [9.17, 15) is 0 Å². The van der Waals surface area contributed by atoms with E-state index >= 15 is 0 Å². The summed E-state index contributed by atoms with van der Waals surface area (Å²) >= 11 is 5.90. The average Bonchev–Trinajstić information content (AvgIpc) is 2.36. The van der Waals surface area contributed by atoms with E-state index in [0.29, 0.717) is 5.82 Å². The van der Waals surface area contributed by atoms with E-state index in [0.717, 1.165) is 12.8 Å². The van der Waals surface area contributed by atoms with Gasteiger partial charge in [-0.2, -0.15) is 10.5 Å². The van der Waals surface area contributed by atoms with Crippen LogP contribution in [0.25, 0.3) is 0 Å². The van der Waals surface area contributed by atoms with E-state index in [1.807, 2.05) is 19.9 Å². The Bertz CT molecular complexity index is 482. The summed E-state index contributed by atoms with van der Waals surface area (Å²) in [6.45, 7) is 4.08. The van der Waals surface area contributed by atoms with Crippen molar-refractivity contribution in [2.45, 2.75) is 32.7 Å². The third kappa shape index (κ3) is 3.05. The molecule has 0 aromatic carbocycles. The van der Waals surface area contributed by atoms with Crippen LogP contribution in [0.1, 0.15) is 38.1 Å². The first-order valence-electron chi connectivity index (χ1n) is 5.30. The zero-order chi connectivity index (χ0) is 12.8. The molecule has 1 aromatic heterocycles. The highest BCUT2D eigenvalue weighted by Gasteiger charge is 2.14. The Kier molecular flexibility index (Phi) is 4.68. The predicted octanol–water partition coefficient (Wildman–Crippen LogP) is 2.47. The number of aromatic nitrogens is 2. The molecular weight excluding hydrogens is 238 g/mol. The Morgan fingerprint density at radius 2 is 1.71 bits per heavy atom. The quantitative estimate of drug-likeness (QED) is 0.886. The van der Waals surface area contributed by atoms with Gasteiger partial charge in [0.1, 0.15) is 12.1 Å². The van der Waals surface area contributed by atoms with E-state index < -0.39 is 0 Å². The van der Waals surface area contributed by atoms with Crippen molar-refractivity contribution in [2.24, 2.45) is 0 Å². The van der Waals surface area contributed by atoms with Gasteiger partial charge in [0.2, 0.25) is 0 Å². The number of nitrogens with one attached hydrogen (secondary N) is 1. The number of hydrogen-bond acceptors (Lipinski definition) is 5. The molecular formula is C11H12ClN5. The Balaban J connectivity index is 3.10. The summed E-state index contributed by atoms with van der Waals surface area (Å²) in [5, 5.41) is 20.8. The maximum atomic E-state index is 8.84. The molecule has 0 saturated carbocycles. The summed E-state index contributed by atoms with van der Waals surface area (Å²) in [6, 6.07) is 3.84. The van der Waals surface area contributed by atoms with E-state index in [1.165, 1.54) is 0 Å². The maximum absolute atomic E-state index is 8.84. The lowest BCUT2D eigenvalue weighted by atomic mass is 10.2. The third-order valence-corrected chi connectivity index (χ3v) is 2.66. The van der Waals surface area contributed by atoms with Crippen molar-refractivity contribution >= 4 is 17.4 Å². The number of anilines is 1. The summed E-state index contributed by atoms with van der Waals surface area (Å²) in [6.07, 6.45) is 1.83. The highest BCUT2D eigenvalue weighted by atomic mass is 35.5. The molecule has 0 radical (unpaired) electrons. The number of nitrogens with zero attached hydrogens (tertiary/aromatic N) is 4. The molecule has 0 aliphatic carbocycles. The van der Waals surface area contributed by atoms with Crippen LogP contribution in [0.2, 0.25) is 5.15 Å². The van der Waals surface area contributed by atoms with Gasteiger partial charge >= 0.3 is 0 Å². The van der Waals surface area contributed by atoms with Gasteiger partial charge in [-0.25, -0.2) is 9.97 Å². The molecule has 0 atom stereocenters. The molecule has 0 bridgehead atoms. The van der Waals surface area contributed by atoms with Crippen molar-refractivity contribution in [1.82, 2.24) is 9.97 Å². The van der Waals surface area contributed by atoms with E-state index in [1.54, 1.807) is 6.07 Å². The summed E-state index contributed by atoms with van der Waals surface area (Å²) < 4.78 is 0. The van der Waals surface area contributed by atoms with Crippen LogP contribution in [0.15, 0.2) is 0 Å².